The highest BCUT2D eigenvalue weighted by atomic mass is 79.9. The highest BCUT2D eigenvalue weighted by Gasteiger charge is 2.41. The highest BCUT2D eigenvalue weighted by Crippen LogP contribution is 2.37. The fourth-order valence-electron chi connectivity index (χ4n) is 2.56. The van der Waals surface area contributed by atoms with E-state index in [-0.39, 0.29) is 6.42 Å². The number of halogens is 1. The molecule has 0 saturated heterocycles. The van der Waals surface area contributed by atoms with Crippen LogP contribution in [0.25, 0.3) is 0 Å². The lowest BCUT2D eigenvalue weighted by Crippen LogP contribution is -2.37. The van der Waals surface area contributed by atoms with E-state index < -0.39 is 11.4 Å². The molecule has 116 valence electrons. The number of carbonyl (C=O) groups is 2. The SMILES string of the molecule is Cc1cccc(C(CC#CC=O)(C(=O)O)c2ccc(Br)cc2)c1. The molecule has 0 aliphatic heterocycles. The van der Waals surface area contributed by atoms with Crippen LogP contribution < -0.4 is 0 Å². The molecule has 2 rings (SSSR count). The van der Waals surface area contributed by atoms with E-state index in [1.54, 1.807) is 30.3 Å². The van der Waals surface area contributed by atoms with Gasteiger partial charge in [0.15, 0.2) is 6.29 Å². The maximum atomic E-state index is 12.2. The Balaban J connectivity index is 2.71. The third-order valence-corrected chi connectivity index (χ3v) is 4.26. The van der Waals surface area contributed by atoms with E-state index in [9.17, 15) is 14.7 Å². The molecule has 0 spiro atoms. The Kier molecular flexibility index (Phi) is 5.36. The van der Waals surface area contributed by atoms with Crippen molar-refractivity contribution in [2.24, 2.45) is 0 Å². The molecule has 4 heteroatoms. The third-order valence-electron chi connectivity index (χ3n) is 3.73. The molecule has 0 amide bonds. The molecule has 2 aromatic rings. The largest absolute Gasteiger partial charge is 0.480 e. The third kappa shape index (κ3) is 3.52. The van der Waals surface area contributed by atoms with E-state index in [4.69, 9.17) is 0 Å². The first-order chi connectivity index (χ1) is 11.0. The van der Waals surface area contributed by atoms with E-state index >= 15 is 0 Å². The number of carboxylic acids is 1. The van der Waals surface area contributed by atoms with Crippen molar-refractivity contribution >= 4 is 28.2 Å². The molecule has 0 aliphatic carbocycles. The van der Waals surface area contributed by atoms with Gasteiger partial charge in [0, 0.05) is 10.9 Å². The Morgan fingerprint density at radius 3 is 2.48 bits per heavy atom. The predicted molar refractivity (Wildman–Crippen MR) is 92.2 cm³/mol. The van der Waals surface area contributed by atoms with Crippen LogP contribution in [0.3, 0.4) is 0 Å². The van der Waals surface area contributed by atoms with Gasteiger partial charge >= 0.3 is 5.97 Å². The van der Waals surface area contributed by atoms with Gasteiger partial charge in [0.05, 0.1) is 0 Å². The molecule has 1 unspecified atom stereocenters. The second-order valence-electron chi connectivity index (χ2n) is 5.20. The minimum Gasteiger partial charge on any atom is -0.480 e. The maximum absolute atomic E-state index is 12.2. The van der Waals surface area contributed by atoms with Crippen LogP contribution in [0.4, 0.5) is 0 Å². The second-order valence-corrected chi connectivity index (χ2v) is 6.12. The van der Waals surface area contributed by atoms with Crippen molar-refractivity contribution in [3.05, 3.63) is 69.7 Å². The summed E-state index contributed by atoms with van der Waals surface area (Å²) in [6.07, 6.45) is 0.497. The summed E-state index contributed by atoms with van der Waals surface area (Å²) in [4.78, 5) is 22.8. The van der Waals surface area contributed by atoms with Crippen LogP contribution in [0.15, 0.2) is 53.0 Å². The number of carbonyl (C=O) groups excluding carboxylic acids is 1. The van der Waals surface area contributed by atoms with E-state index in [0.717, 1.165) is 10.0 Å². The van der Waals surface area contributed by atoms with E-state index in [0.29, 0.717) is 17.4 Å². The summed E-state index contributed by atoms with van der Waals surface area (Å²) in [5, 5.41) is 10.0. The first-order valence-electron chi connectivity index (χ1n) is 6.99. The average molecular weight is 371 g/mol. The first kappa shape index (κ1) is 17.0. The van der Waals surface area contributed by atoms with Gasteiger partial charge in [0.1, 0.15) is 5.41 Å². The van der Waals surface area contributed by atoms with Gasteiger partial charge in [-0.15, -0.1) is 0 Å². The van der Waals surface area contributed by atoms with Crippen molar-refractivity contribution in [1.29, 1.82) is 0 Å². The fraction of sp³-hybridized carbons (Fsp3) is 0.158. The molecule has 1 N–H and O–H groups in total. The van der Waals surface area contributed by atoms with Crippen LogP contribution in [0.5, 0.6) is 0 Å². The first-order valence-corrected chi connectivity index (χ1v) is 7.78. The Hall–Kier alpha value is -2.38. The monoisotopic (exact) mass is 370 g/mol. The van der Waals surface area contributed by atoms with Gasteiger partial charge in [0.2, 0.25) is 0 Å². The van der Waals surface area contributed by atoms with Gasteiger partial charge in [-0.2, -0.15) is 0 Å². The van der Waals surface area contributed by atoms with Crippen LogP contribution >= 0.6 is 15.9 Å². The molecule has 0 aromatic heterocycles. The summed E-state index contributed by atoms with van der Waals surface area (Å²) >= 11 is 3.36. The molecular weight excluding hydrogens is 356 g/mol. The quantitative estimate of drug-likeness (QED) is 0.658. The van der Waals surface area contributed by atoms with Crippen molar-refractivity contribution in [2.45, 2.75) is 18.8 Å². The molecule has 0 saturated carbocycles. The zero-order valence-electron chi connectivity index (χ0n) is 12.5. The van der Waals surface area contributed by atoms with Gasteiger partial charge < -0.3 is 5.11 Å². The smallest absolute Gasteiger partial charge is 0.319 e. The lowest BCUT2D eigenvalue weighted by Gasteiger charge is -2.29. The van der Waals surface area contributed by atoms with E-state index in [2.05, 4.69) is 27.8 Å². The summed E-state index contributed by atoms with van der Waals surface area (Å²) in [6.45, 7) is 1.91. The number of aldehydes is 1. The lowest BCUT2D eigenvalue weighted by molar-refractivity contribution is -0.142. The zero-order chi connectivity index (χ0) is 16.9. The van der Waals surface area contributed by atoms with Gasteiger partial charge in [0.25, 0.3) is 0 Å². The molecule has 0 heterocycles. The number of carboxylic acid groups (broad SMARTS) is 1. The minimum absolute atomic E-state index is 0.0200. The van der Waals surface area contributed by atoms with Crippen molar-refractivity contribution in [3.63, 3.8) is 0 Å². The van der Waals surface area contributed by atoms with Crippen LogP contribution in [0.1, 0.15) is 23.1 Å². The van der Waals surface area contributed by atoms with Gasteiger partial charge in [-0.3, -0.25) is 9.59 Å². The molecule has 3 nitrogen and oxygen atoms in total. The Bertz CT molecular complexity index is 784. The Morgan fingerprint density at radius 2 is 1.91 bits per heavy atom. The molecule has 0 bridgehead atoms. The molecule has 1 atom stereocenters. The molecule has 2 aromatic carbocycles. The zero-order valence-corrected chi connectivity index (χ0v) is 14.1. The number of aryl methyl sites for hydroxylation is 1. The van der Waals surface area contributed by atoms with Gasteiger partial charge in [-0.1, -0.05) is 63.8 Å². The van der Waals surface area contributed by atoms with Crippen molar-refractivity contribution in [1.82, 2.24) is 0 Å². The molecular formula is C19H15BrO3. The topological polar surface area (TPSA) is 54.4 Å². The summed E-state index contributed by atoms with van der Waals surface area (Å²) in [5.41, 5.74) is 0.919. The van der Waals surface area contributed by atoms with Crippen LogP contribution in [0, 0.1) is 18.8 Å². The second kappa shape index (κ2) is 7.26. The minimum atomic E-state index is -1.32. The molecule has 0 aliphatic rings. The summed E-state index contributed by atoms with van der Waals surface area (Å²) < 4.78 is 0.865. The Morgan fingerprint density at radius 1 is 1.22 bits per heavy atom. The number of rotatable bonds is 4. The van der Waals surface area contributed by atoms with Gasteiger partial charge in [-0.05, 0) is 36.1 Å². The number of aliphatic carboxylic acids is 1. The normalized spacial score (nSPS) is 12.6. The van der Waals surface area contributed by atoms with Crippen LogP contribution in [-0.4, -0.2) is 17.4 Å². The van der Waals surface area contributed by atoms with Crippen LogP contribution in [0.2, 0.25) is 0 Å². The average Bonchev–Trinajstić information content (AvgIpc) is 2.52. The van der Waals surface area contributed by atoms with Crippen LogP contribution in [-0.2, 0) is 15.0 Å². The number of hydrogen-bond acceptors (Lipinski definition) is 2. The number of hydrogen-bond donors (Lipinski definition) is 1. The fourth-order valence-corrected chi connectivity index (χ4v) is 2.83. The van der Waals surface area contributed by atoms with Crippen molar-refractivity contribution < 1.29 is 14.7 Å². The summed E-state index contributed by atoms with van der Waals surface area (Å²) in [7, 11) is 0. The number of benzene rings is 2. The van der Waals surface area contributed by atoms with Gasteiger partial charge in [-0.25, -0.2) is 0 Å². The molecule has 0 fully saturated rings. The maximum Gasteiger partial charge on any atom is 0.319 e. The standard InChI is InChI=1S/C19H15BrO3/c1-14-5-4-6-16(13-14)19(18(22)23,11-2-3-12-21)15-7-9-17(20)10-8-15/h4-10,12-13H,11H2,1H3,(H,22,23). The Labute approximate surface area is 143 Å². The summed E-state index contributed by atoms with van der Waals surface area (Å²) in [5.74, 6) is 4.00. The predicted octanol–water partition coefficient (Wildman–Crippen LogP) is 3.72. The van der Waals surface area contributed by atoms with Crippen molar-refractivity contribution in [2.75, 3.05) is 0 Å². The van der Waals surface area contributed by atoms with E-state index in [1.165, 1.54) is 0 Å². The van der Waals surface area contributed by atoms with E-state index in [1.807, 2.05) is 25.1 Å². The summed E-state index contributed by atoms with van der Waals surface area (Å²) in [6, 6.07) is 14.5. The molecule has 0 radical (unpaired) electrons. The molecule has 23 heavy (non-hydrogen) atoms. The lowest BCUT2D eigenvalue weighted by atomic mass is 9.72. The van der Waals surface area contributed by atoms with Crippen molar-refractivity contribution in [3.8, 4) is 11.8 Å². The highest BCUT2D eigenvalue weighted by molar-refractivity contribution is 9.10.